The minimum absolute atomic E-state index is 0.0770. The van der Waals surface area contributed by atoms with Crippen molar-refractivity contribution in [2.75, 3.05) is 19.1 Å². The van der Waals surface area contributed by atoms with Gasteiger partial charge in [-0.2, -0.15) is 0 Å². The van der Waals surface area contributed by atoms with Gasteiger partial charge in [0.25, 0.3) is 5.91 Å². The van der Waals surface area contributed by atoms with Crippen molar-refractivity contribution in [2.24, 2.45) is 4.99 Å². The van der Waals surface area contributed by atoms with E-state index in [0.717, 1.165) is 28.1 Å². The highest BCUT2D eigenvalue weighted by Gasteiger charge is 2.34. The molecule has 0 aliphatic carbocycles. The maximum Gasteiger partial charge on any atom is 0.271 e. The van der Waals surface area contributed by atoms with E-state index in [1.54, 1.807) is 19.1 Å². The highest BCUT2D eigenvalue weighted by Crippen LogP contribution is 2.36. The van der Waals surface area contributed by atoms with Gasteiger partial charge in [0.1, 0.15) is 5.75 Å². The number of rotatable bonds is 7. The van der Waals surface area contributed by atoms with Gasteiger partial charge in [0.2, 0.25) is 0 Å². The van der Waals surface area contributed by atoms with Crippen molar-refractivity contribution in [3.63, 3.8) is 0 Å². The fraction of sp³-hybridized carbons (Fsp3) is 0.154. The maximum absolute atomic E-state index is 13.3. The third-order valence-electron chi connectivity index (χ3n) is 4.94. The van der Waals surface area contributed by atoms with Crippen LogP contribution in [0.15, 0.2) is 88.8 Å². The van der Waals surface area contributed by atoms with E-state index in [-0.39, 0.29) is 5.91 Å². The van der Waals surface area contributed by atoms with Gasteiger partial charge in [0.15, 0.2) is 5.17 Å². The van der Waals surface area contributed by atoms with Crippen LogP contribution in [0.1, 0.15) is 16.7 Å². The lowest BCUT2D eigenvalue weighted by molar-refractivity contribution is -0.113. The van der Waals surface area contributed by atoms with E-state index in [1.165, 1.54) is 11.8 Å². The average molecular weight is 445 g/mol. The molecule has 3 aromatic carbocycles. The number of para-hydroxylation sites is 1. The molecular weight excluding hydrogens is 420 g/mol. The Morgan fingerprint density at radius 3 is 2.44 bits per heavy atom. The Kier molecular flexibility index (Phi) is 7.04. The molecule has 0 unspecified atom stereocenters. The Balaban J connectivity index is 1.64. The van der Waals surface area contributed by atoms with Crippen molar-refractivity contribution in [2.45, 2.75) is 13.2 Å². The first kappa shape index (κ1) is 21.9. The summed E-state index contributed by atoms with van der Waals surface area (Å²) in [5, 5.41) is 0.663. The zero-order valence-electron chi connectivity index (χ0n) is 18.0. The number of carbonyl (C=O) groups excluding carboxylic acids is 1. The largest absolute Gasteiger partial charge is 0.497 e. The number of benzene rings is 3. The van der Waals surface area contributed by atoms with Crippen LogP contribution in [0.4, 0.5) is 5.69 Å². The quantitative estimate of drug-likeness (QED) is 0.450. The number of nitrogens with zero attached hydrogens (tertiary/aromatic N) is 2. The summed E-state index contributed by atoms with van der Waals surface area (Å²) in [7, 11) is 3.32. The third-order valence-corrected chi connectivity index (χ3v) is 5.94. The Morgan fingerprint density at radius 2 is 1.72 bits per heavy atom. The first-order valence-electron chi connectivity index (χ1n) is 10.2. The maximum atomic E-state index is 13.3. The zero-order chi connectivity index (χ0) is 22.3. The molecule has 0 N–H and O–H groups in total. The van der Waals surface area contributed by atoms with Gasteiger partial charge >= 0.3 is 0 Å². The van der Waals surface area contributed by atoms with E-state index in [1.807, 2.05) is 84.9 Å². The summed E-state index contributed by atoms with van der Waals surface area (Å²) in [6, 6.07) is 25.4. The number of anilines is 1. The molecule has 32 heavy (non-hydrogen) atoms. The second-order valence-electron chi connectivity index (χ2n) is 7.21. The molecular formula is C26H24N2O3S. The summed E-state index contributed by atoms with van der Waals surface area (Å²) in [5.41, 5.74) is 3.87. The number of aliphatic imine (C=N–C) groups is 1. The summed E-state index contributed by atoms with van der Waals surface area (Å²) < 4.78 is 10.4. The molecule has 1 aliphatic rings. The zero-order valence-corrected chi connectivity index (χ0v) is 18.8. The second-order valence-corrected chi connectivity index (χ2v) is 8.22. The number of ether oxygens (including phenoxy) is 2. The Hall–Kier alpha value is -3.35. The Labute approximate surface area is 192 Å². The predicted molar refractivity (Wildman–Crippen MR) is 131 cm³/mol. The summed E-state index contributed by atoms with van der Waals surface area (Å²) >= 11 is 1.39. The Bertz CT molecular complexity index is 1140. The number of hydrogen-bond donors (Lipinski definition) is 0. The van der Waals surface area contributed by atoms with Crippen LogP contribution < -0.4 is 9.64 Å². The van der Waals surface area contributed by atoms with Crippen molar-refractivity contribution in [3.8, 4) is 5.75 Å². The van der Waals surface area contributed by atoms with Gasteiger partial charge in [0, 0.05) is 7.11 Å². The molecule has 4 rings (SSSR count). The highest BCUT2D eigenvalue weighted by atomic mass is 32.2. The van der Waals surface area contributed by atoms with Crippen LogP contribution in [-0.4, -0.2) is 25.3 Å². The van der Waals surface area contributed by atoms with Gasteiger partial charge in [-0.05, 0) is 64.9 Å². The van der Waals surface area contributed by atoms with Crippen LogP contribution in [0.5, 0.6) is 5.75 Å². The number of methoxy groups -OCH3 is 2. The van der Waals surface area contributed by atoms with Gasteiger partial charge in [-0.15, -0.1) is 0 Å². The van der Waals surface area contributed by atoms with E-state index in [9.17, 15) is 4.79 Å². The smallest absolute Gasteiger partial charge is 0.271 e. The molecule has 0 bridgehead atoms. The SMILES string of the molecule is COCc1cccc(C=C2SC(=NCc3ccc(OC)cc3)N(c3ccccc3)C2=O)c1. The molecule has 1 saturated heterocycles. The van der Waals surface area contributed by atoms with Crippen molar-refractivity contribution in [1.82, 2.24) is 0 Å². The van der Waals surface area contributed by atoms with E-state index in [2.05, 4.69) is 0 Å². The summed E-state index contributed by atoms with van der Waals surface area (Å²) in [6.07, 6.45) is 1.91. The van der Waals surface area contributed by atoms with E-state index < -0.39 is 0 Å². The second kappa shape index (κ2) is 10.3. The number of amidine groups is 1. The molecule has 3 aromatic rings. The normalized spacial score (nSPS) is 16.2. The number of hydrogen-bond acceptors (Lipinski definition) is 5. The highest BCUT2D eigenvalue weighted by molar-refractivity contribution is 8.19. The van der Waals surface area contributed by atoms with Crippen LogP contribution >= 0.6 is 11.8 Å². The van der Waals surface area contributed by atoms with E-state index in [4.69, 9.17) is 14.5 Å². The molecule has 0 atom stereocenters. The summed E-state index contributed by atoms with van der Waals surface area (Å²) in [4.78, 5) is 20.4. The summed E-state index contributed by atoms with van der Waals surface area (Å²) in [6.45, 7) is 1.00. The minimum Gasteiger partial charge on any atom is -0.497 e. The van der Waals surface area contributed by atoms with Gasteiger partial charge in [-0.1, -0.05) is 48.5 Å². The summed E-state index contributed by atoms with van der Waals surface area (Å²) in [5.74, 6) is 0.727. The topological polar surface area (TPSA) is 51.1 Å². The predicted octanol–water partition coefficient (Wildman–Crippen LogP) is 5.52. The molecule has 162 valence electrons. The lowest BCUT2D eigenvalue weighted by atomic mass is 10.1. The Morgan fingerprint density at radius 1 is 0.938 bits per heavy atom. The molecule has 5 nitrogen and oxygen atoms in total. The molecule has 1 fully saturated rings. The van der Waals surface area contributed by atoms with E-state index >= 15 is 0 Å². The lowest BCUT2D eigenvalue weighted by Crippen LogP contribution is -2.28. The monoisotopic (exact) mass is 444 g/mol. The third kappa shape index (κ3) is 5.10. The first-order chi connectivity index (χ1) is 15.7. The van der Waals surface area contributed by atoms with Crippen molar-refractivity contribution in [1.29, 1.82) is 0 Å². The number of thioether (sulfide) groups is 1. The van der Waals surface area contributed by atoms with Gasteiger partial charge in [-0.25, -0.2) is 0 Å². The molecule has 0 saturated carbocycles. The van der Waals surface area contributed by atoms with Crippen LogP contribution in [-0.2, 0) is 22.7 Å². The average Bonchev–Trinajstić information content (AvgIpc) is 3.14. The molecule has 6 heteroatoms. The van der Waals surface area contributed by atoms with Crippen molar-refractivity contribution in [3.05, 3.63) is 100 Å². The molecule has 0 radical (unpaired) electrons. The number of amides is 1. The van der Waals surface area contributed by atoms with Gasteiger partial charge in [-0.3, -0.25) is 14.7 Å². The minimum atomic E-state index is -0.0770. The van der Waals surface area contributed by atoms with Gasteiger partial charge in [0.05, 0.1) is 30.9 Å². The lowest BCUT2D eigenvalue weighted by Gasteiger charge is -2.15. The van der Waals surface area contributed by atoms with Crippen molar-refractivity contribution >= 4 is 34.6 Å². The van der Waals surface area contributed by atoms with E-state index in [0.29, 0.717) is 23.2 Å². The first-order valence-corrected chi connectivity index (χ1v) is 11.0. The van der Waals surface area contributed by atoms with Crippen LogP contribution in [0.2, 0.25) is 0 Å². The van der Waals surface area contributed by atoms with Crippen LogP contribution in [0, 0.1) is 0 Å². The molecule has 1 amide bonds. The fourth-order valence-electron chi connectivity index (χ4n) is 3.36. The van der Waals surface area contributed by atoms with Crippen LogP contribution in [0.25, 0.3) is 6.08 Å². The number of carbonyl (C=O) groups is 1. The molecule has 0 spiro atoms. The molecule has 1 aliphatic heterocycles. The fourth-order valence-corrected chi connectivity index (χ4v) is 4.34. The van der Waals surface area contributed by atoms with Crippen LogP contribution in [0.3, 0.4) is 0 Å². The van der Waals surface area contributed by atoms with Gasteiger partial charge < -0.3 is 9.47 Å². The van der Waals surface area contributed by atoms with Crippen molar-refractivity contribution < 1.29 is 14.3 Å². The molecule has 1 heterocycles. The molecule has 0 aromatic heterocycles. The standard InChI is InChI=1S/C26H24N2O3S/c1-30-18-21-8-6-7-20(15-21)16-24-25(29)28(22-9-4-3-5-10-22)26(32-24)27-17-19-11-13-23(31-2)14-12-19/h3-16H,17-18H2,1-2H3.